The van der Waals surface area contributed by atoms with Gasteiger partial charge >= 0.3 is 6.03 Å². The minimum absolute atomic E-state index is 0.113. The molecule has 8 heteroatoms. The highest BCUT2D eigenvalue weighted by atomic mass is 32.1. The summed E-state index contributed by atoms with van der Waals surface area (Å²) in [6, 6.07) is 11.7. The van der Waals surface area contributed by atoms with Crippen LogP contribution in [-0.2, 0) is 4.79 Å². The lowest BCUT2D eigenvalue weighted by Crippen LogP contribution is -2.53. The first-order chi connectivity index (χ1) is 14.6. The second kappa shape index (κ2) is 9.38. The number of methoxy groups -OCH3 is 1. The number of nitrogens with zero attached hydrogens (tertiary/aromatic N) is 3. The van der Waals surface area contributed by atoms with Crippen molar-refractivity contribution in [2.45, 2.75) is 12.8 Å². The highest BCUT2D eigenvalue weighted by Gasteiger charge is 2.32. The van der Waals surface area contributed by atoms with Gasteiger partial charge in [0.2, 0.25) is 5.91 Å². The number of rotatable bonds is 4. The molecule has 1 aromatic carbocycles. The lowest BCUT2D eigenvalue weighted by atomic mass is 9.96. The maximum absolute atomic E-state index is 13.1. The van der Waals surface area contributed by atoms with Crippen molar-refractivity contribution in [2.24, 2.45) is 5.92 Å². The first-order valence-electron chi connectivity index (χ1n) is 10.4. The van der Waals surface area contributed by atoms with Gasteiger partial charge in [0, 0.05) is 51.0 Å². The summed E-state index contributed by atoms with van der Waals surface area (Å²) in [5, 5.41) is 5.70. The molecule has 4 rings (SSSR count). The number of likely N-dealkylation sites (tertiary alicyclic amines) is 1. The first-order valence-corrected chi connectivity index (χ1v) is 11.3. The van der Waals surface area contributed by atoms with Crippen LogP contribution in [0.15, 0.2) is 41.8 Å². The molecule has 1 aromatic heterocycles. The Balaban J connectivity index is 1.30. The highest BCUT2D eigenvalue weighted by Crippen LogP contribution is 2.25. The number of anilines is 2. The SMILES string of the molecule is COc1cccc(N2CCN(C(=O)C3CCCN(C(=O)Nc4cccs4)C3)CC2)c1. The number of urea groups is 1. The van der Waals surface area contributed by atoms with E-state index in [9.17, 15) is 9.59 Å². The molecule has 2 aliphatic heterocycles. The maximum Gasteiger partial charge on any atom is 0.322 e. The average Bonchev–Trinajstić information content (AvgIpc) is 3.32. The van der Waals surface area contributed by atoms with Gasteiger partial charge in [-0.15, -0.1) is 11.3 Å². The summed E-state index contributed by atoms with van der Waals surface area (Å²) in [7, 11) is 1.67. The number of benzene rings is 1. The van der Waals surface area contributed by atoms with Crippen LogP contribution in [0, 0.1) is 5.92 Å². The predicted octanol–water partition coefficient (Wildman–Crippen LogP) is 3.35. The third-order valence-electron chi connectivity index (χ3n) is 5.82. The molecule has 2 fully saturated rings. The second-order valence-electron chi connectivity index (χ2n) is 7.71. The molecule has 1 N–H and O–H groups in total. The molecule has 2 saturated heterocycles. The molecule has 2 aromatic rings. The Labute approximate surface area is 181 Å². The predicted molar refractivity (Wildman–Crippen MR) is 119 cm³/mol. The molecular formula is C22H28N4O3S. The smallest absolute Gasteiger partial charge is 0.322 e. The van der Waals surface area contributed by atoms with Crippen molar-refractivity contribution in [3.05, 3.63) is 41.8 Å². The quantitative estimate of drug-likeness (QED) is 0.811. The van der Waals surface area contributed by atoms with E-state index in [-0.39, 0.29) is 17.9 Å². The van der Waals surface area contributed by atoms with E-state index in [0.29, 0.717) is 26.2 Å². The van der Waals surface area contributed by atoms with Gasteiger partial charge < -0.3 is 19.4 Å². The number of ether oxygens (including phenoxy) is 1. The fourth-order valence-corrected chi connectivity index (χ4v) is 4.75. The van der Waals surface area contributed by atoms with Crippen LogP contribution in [-0.4, -0.2) is 68.1 Å². The van der Waals surface area contributed by atoms with E-state index < -0.39 is 0 Å². The summed E-state index contributed by atoms with van der Waals surface area (Å²) in [6.45, 7) is 4.20. The van der Waals surface area contributed by atoms with Gasteiger partial charge in [0.1, 0.15) is 5.75 Å². The van der Waals surface area contributed by atoms with Gasteiger partial charge in [0.25, 0.3) is 0 Å². The van der Waals surface area contributed by atoms with E-state index in [1.54, 1.807) is 12.0 Å². The number of hydrogen-bond donors (Lipinski definition) is 1. The molecule has 1 unspecified atom stereocenters. The Morgan fingerprint density at radius 1 is 1.07 bits per heavy atom. The zero-order valence-corrected chi connectivity index (χ0v) is 18.1. The van der Waals surface area contributed by atoms with Gasteiger partial charge in [-0.2, -0.15) is 0 Å². The molecule has 160 valence electrons. The Morgan fingerprint density at radius 3 is 2.63 bits per heavy atom. The topological polar surface area (TPSA) is 65.1 Å². The van der Waals surface area contributed by atoms with E-state index in [2.05, 4.69) is 16.3 Å². The zero-order chi connectivity index (χ0) is 20.9. The number of piperazine rings is 1. The summed E-state index contributed by atoms with van der Waals surface area (Å²) in [5.74, 6) is 0.902. The van der Waals surface area contributed by atoms with Crippen LogP contribution in [0.5, 0.6) is 5.75 Å². The van der Waals surface area contributed by atoms with Crippen molar-refractivity contribution < 1.29 is 14.3 Å². The Hall–Kier alpha value is -2.74. The van der Waals surface area contributed by atoms with Gasteiger partial charge in [0.05, 0.1) is 18.0 Å². The monoisotopic (exact) mass is 428 g/mol. The largest absolute Gasteiger partial charge is 0.497 e. The molecule has 0 spiro atoms. The summed E-state index contributed by atoms with van der Waals surface area (Å²) in [6.07, 6.45) is 1.70. The molecule has 30 heavy (non-hydrogen) atoms. The van der Waals surface area contributed by atoms with Crippen LogP contribution in [0.3, 0.4) is 0 Å². The number of carbonyl (C=O) groups is 2. The number of carbonyl (C=O) groups excluding carboxylic acids is 2. The fraction of sp³-hybridized carbons (Fsp3) is 0.455. The Bertz CT molecular complexity index is 865. The average molecular weight is 429 g/mol. The van der Waals surface area contributed by atoms with Crippen molar-refractivity contribution in [1.29, 1.82) is 0 Å². The standard InChI is InChI=1S/C22H28N4O3S/c1-29-19-7-2-6-18(15-19)24-10-12-25(13-11-24)21(27)17-5-3-9-26(16-17)22(28)23-20-8-4-14-30-20/h2,4,6-8,14-15,17H,3,5,9-13,16H2,1H3,(H,23,28). The summed E-state index contributed by atoms with van der Waals surface area (Å²) < 4.78 is 5.32. The first kappa shape index (κ1) is 20.5. The fourth-order valence-electron chi connectivity index (χ4n) is 4.15. The lowest BCUT2D eigenvalue weighted by Gasteiger charge is -2.39. The van der Waals surface area contributed by atoms with E-state index in [4.69, 9.17) is 4.74 Å². The van der Waals surface area contributed by atoms with Crippen molar-refractivity contribution in [1.82, 2.24) is 9.80 Å². The van der Waals surface area contributed by atoms with E-state index in [1.807, 2.05) is 40.6 Å². The number of hydrogen-bond acceptors (Lipinski definition) is 5. The van der Waals surface area contributed by atoms with Gasteiger partial charge in [-0.05, 0) is 42.5 Å². The molecule has 2 aliphatic rings. The summed E-state index contributed by atoms with van der Waals surface area (Å²) >= 11 is 1.50. The highest BCUT2D eigenvalue weighted by molar-refractivity contribution is 7.14. The molecule has 0 radical (unpaired) electrons. The van der Waals surface area contributed by atoms with E-state index in [0.717, 1.165) is 42.4 Å². The van der Waals surface area contributed by atoms with Crippen LogP contribution in [0.2, 0.25) is 0 Å². The summed E-state index contributed by atoms with van der Waals surface area (Å²) in [4.78, 5) is 31.7. The number of thiophene rings is 1. The van der Waals surface area contributed by atoms with E-state index >= 15 is 0 Å². The van der Waals surface area contributed by atoms with Crippen molar-refractivity contribution >= 4 is 34.0 Å². The number of piperidine rings is 1. The third-order valence-corrected chi connectivity index (χ3v) is 6.60. The normalized spacial score (nSPS) is 19.5. The van der Waals surface area contributed by atoms with Crippen molar-refractivity contribution in [2.75, 3.05) is 56.6 Å². The van der Waals surface area contributed by atoms with Crippen LogP contribution in [0.4, 0.5) is 15.5 Å². The Morgan fingerprint density at radius 2 is 1.90 bits per heavy atom. The van der Waals surface area contributed by atoms with Crippen LogP contribution >= 0.6 is 11.3 Å². The zero-order valence-electron chi connectivity index (χ0n) is 17.3. The maximum atomic E-state index is 13.1. The molecule has 0 bridgehead atoms. The molecule has 3 amide bonds. The van der Waals surface area contributed by atoms with E-state index in [1.165, 1.54) is 11.3 Å². The van der Waals surface area contributed by atoms with Crippen LogP contribution < -0.4 is 15.0 Å². The second-order valence-corrected chi connectivity index (χ2v) is 8.65. The minimum atomic E-state index is -0.115. The molecular weight excluding hydrogens is 400 g/mol. The van der Waals surface area contributed by atoms with Gasteiger partial charge in [-0.25, -0.2) is 4.79 Å². The molecule has 0 saturated carbocycles. The molecule has 0 aliphatic carbocycles. The van der Waals surface area contributed by atoms with Crippen LogP contribution in [0.1, 0.15) is 12.8 Å². The molecule has 3 heterocycles. The minimum Gasteiger partial charge on any atom is -0.497 e. The number of amides is 3. The Kier molecular flexibility index (Phi) is 6.42. The van der Waals surface area contributed by atoms with Gasteiger partial charge in [-0.3, -0.25) is 10.1 Å². The van der Waals surface area contributed by atoms with Gasteiger partial charge in [0.15, 0.2) is 0 Å². The van der Waals surface area contributed by atoms with Crippen LogP contribution in [0.25, 0.3) is 0 Å². The third kappa shape index (κ3) is 4.70. The molecule has 1 atom stereocenters. The number of nitrogens with one attached hydrogen (secondary N) is 1. The van der Waals surface area contributed by atoms with Gasteiger partial charge in [-0.1, -0.05) is 6.07 Å². The lowest BCUT2D eigenvalue weighted by molar-refractivity contribution is -0.137. The van der Waals surface area contributed by atoms with Crippen molar-refractivity contribution in [3.8, 4) is 5.75 Å². The summed E-state index contributed by atoms with van der Waals surface area (Å²) in [5.41, 5.74) is 1.12. The van der Waals surface area contributed by atoms with Crippen molar-refractivity contribution in [3.63, 3.8) is 0 Å². The molecule has 7 nitrogen and oxygen atoms in total.